The second-order valence-electron chi connectivity index (χ2n) is 4.74. The first kappa shape index (κ1) is 14.3. The van der Waals surface area contributed by atoms with Crippen molar-refractivity contribution >= 4 is 31.3 Å². The molecule has 2 aromatic rings. The normalized spacial score (nSPS) is 11.6. The van der Waals surface area contributed by atoms with Gasteiger partial charge in [0.05, 0.1) is 18.9 Å². The Balaban J connectivity index is 2.25. The number of rotatable bonds is 3. The summed E-state index contributed by atoms with van der Waals surface area (Å²) < 4.78 is 18.6. The van der Waals surface area contributed by atoms with Gasteiger partial charge in [0, 0.05) is 26.7 Å². The molecule has 0 radical (unpaired) electrons. The Labute approximate surface area is 122 Å². The molecule has 102 valence electrons. The zero-order chi connectivity index (χ0) is 14.0. The van der Waals surface area contributed by atoms with Crippen molar-refractivity contribution in [2.75, 3.05) is 12.5 Å². The fourth-order valence-corrected chi connectivity index (χ4v) is 2.74. The molecule has 6 heteroatoms. The number of hydrogen-bond donors (Lipinski definition) is 0. The number of aromatic nitrogens is 2. The molecule has 2 rings (SSSR count). The van der Waals surface area contributed by atoms with Crippen molar-refractivity contribution in [3.8, 4) is 0 Å². The van der Waals surface area contributed by atoms with Crippen molar-refractivity contribution in [3.05, 3.63) is 46.2 Å². The van der Waals surface area contributed by atoms with Gasteiger partial charge in [0.2, 0.25) is 0 Å². The molecule has 0 aliphatic carbocycles. The van der Waals surface area contributed by atoms with E-state index in [9.17, 15) is 4.21 Å². The quantitative estimate of drug-likeness (QED) is 0.859. The Morgan fingerprint density at radius 1 is 1.42 bits per heavy atom. The van der Waals surface area contributed by atoms with E-state index in [-0.39, 0.29) is 0 Å². The third kappa shape index (κ3) is 4.18. The van der Waals surface area contributed by atoms with Gasteiger partial charge in [0.1, 0.15) is 5.69 Å². The van der Waals surface area contributed by atoms with Gasteiger partial charge in [-0.2, -0.15) is 9.46 Å². The highest BCUT2D eigenvalue weighted by Crippen LogP contribution is 2.18. The van der Waals surface area contributed by atoms with Crippen LogP contribution >= 0.6 is 15.9 Å². The van der Waals surface area contributed by atoms with Crippen LogP contribution in [-0.4, -0.2) is 26.5 Å². The molecular weight excluding hydrogens is 326 g/mol. The first-order valence-corrected chi connectivity index (χ1v) is 8.90. The Morgan fingerprint density at radius 3 is 2.84 bits per heavy atom. The average Bonchev–Trinajstić information content (AvgIpc) is 2.68. The summed E-state index contributed by atoms with van der Waals surface area (Å²) in [4.78, 5) is 0. The lowest BCUT2D eigenvalue weighted by Gasteiger charge is -2.06. The molecule has 0 spiro atoms. The third-order valence-corrected chi connectivity index (χ3v) is 3.73. The van der Waals surface area contributed by atoms with Crippen molar-refractivity contribution in [1.29, 1.82) is 0 Å². The van der Waals surface area contributed by atoms with Gasteiger partial charge in [-0.1, -0.05) is 22.0 Å². The van der Waals surface area contributed by atoms with E-state index in [1.54, 1.807) is 23.4 Å². The second-order valence-corrected chi connectivity index (χ2v) is 8.20. The molecule has 0 saturated carbocycles. The number of halogens is 1. The molecule has 0 bridgehead atoms. The molecule has 0 aliphatic heterocycles. The van der Waals surface area contributed by atoms with E-state index in [1.165, 1.54) is 11.1 Å². The number of benzene rings is 1. The fourth-order valence-electron chi connectivity index (χ4n) is 1.73. The minimum absolute atomic E-state index is 0.655. The van der Waals surface area contributed by atoms with Crippen LogP contribution in [0, 0.1) is 6.92 Å². The lowest BCUT2D eigenvalue weighted by Crippen LogP contribution is -2.01. The van der Waals surface area contributed by atoms with Gasteiger partial charge in [-0.15, -0.1) is 0 Å². The highest BCUT2D eigenvalue weighted by Gasteiger charge is 2.03. The van der Waals surface area contributed by atoms with E-state index >= 15 is 0 Å². The summed E-state index contributed by atoms with van der Waals surface area (Å²) in [7, 11) is -2.14. The summed E-state index contributed by atoms with van der Waals surface area (Å²) in [6, 6.07) is 6.17. The molecule has 0 fully saturated rings. The lowest BCUT2D eigenvalue weighted by atomic mass is 10.1. The van der Waals surface area contributed by atoms with E-state index in [2.05, 4.69) is 44.4 Å². The Bertz CT molecular complexity index is 706. The van der Waals surface area contributed by atoms with Crippen LogP contribution in [0.25, 0.3) is 0 Å². The van der Waals surface area contributed by atoms with Gasteiger partial charge >= 0.3 is 0 Å². The zero-order valence-corrected chi connectivity index (χ0v) is 13.5. The minimum Gasteiger partial charge on any atom is -0.266 e. The number of aryl methyl sites for hydroxylation is 1. The lowest BCUT2D eigenvalue weighted by molar-refractivity contribution is 0.683. The summed E-state index contributed by atoms with van der Waals surface area (Å²) in [5, 5.41) is 4.25. The maximum Gasteiger partial charge on any atom is 0.111 e. The molecular formula is C13H16BrN3OS. The molecule has 0 atom stereocenters. The van der Waals surface area contributed by atoms with E-state index in [1.807, 2.05) is 12.3 Å². The van der Waals surface area contributed by atoms with Crippen molar-refractivity contribution in [3.63, 3.8) is 0 Å². The topological polar surface area (TPSA) is 47.2 Å². The van der Waals surface area contributed by atoms with Crippen LogP contribution in [0.4, 0.5) is 5.69 Å². The molecule has 1 aromatic heterocycles. The van der Waals surface area contributed by atoms with Crippen LogP contribution in [0.2, 0.25) is 0 Å². The first-order chi connectivity index (χ1) is 8.83. The number of hydrogen-bond acceptors (Lipinski definition) is 3. The molecule has 0 aliphatic rings. The second kappa shape index (κ2) is 5.46. The van der Waals surface area contributed by atoms with E-state index in [0.29, 0.717) is 12.2 Å². The Morgan fingerprint density at radius 2 is 2.16 bits per heavy atom. The molecule has 4 nitrogen and oxygen atoms in total. The van der Waals surface area contributed by atoms with E-state index in [0.717, 1.165) is 4.47 Å². The molecule has 0 amide bonds. The molecule has 1 heterocycles. The van der Waals surface area contributed by atoms with Gasteiger partial charge in [-0.3, -0.25) is 4.68 Å². The largest absolute Gasteiger partial charge is 0.266 e. The van der Waals surface area contributed by atoms with Gasteiger partial charge in [-0.25, -0.2) is 4.21 Å². The predicted molar refractivity (Wildman–Crippen MR) is 82.3 cm³/mol. The summed E-state index contributed by atoms with van der Waals surface area (Å²) >= 11 is 3.47. The van der Waals surface area contributed by atoms with Crippen molar-refractivity contribution in [2.45, 2.75) is 13.5 Å². The minimum atomic E-state index is -2.14. The highest BCUT2D eigenvalue weighted by atomic mass is 79.9. The van der Waals surface area contributed by atoms with Crippen molar-refractivity contribution in [2.24, 2.45) is 4.36 Å². The summed E-state index contributed by atoms with van der Waals surface area (Å²) in [5.74, 6) is 0. The summed E-state index contributed by atoms with van der Waals surface area (Å²) in [5.41, 5.74) is 3.06. The Kier molecular flexibility index (Phi) is 4.10. The van der Waals surface area contributed by atoms with Gasteiger partial charge < -0.3 is 0 Å². The maximum atomic E-state index is 11.6. The highest BCUT2D eigenvalue weighted by molar-refractivity contribution is 9.10. The van der Waals surface area contributed by atoms with Crippen LogP contribution in [-0.2, 0) is 16.3 Å². The molecule has 19 heavy (non-hydrogen) atoms. The molecule has 0 N–H and O–H groups in total. The van der Waals surface area contributed by atoms with Crippen LogP contribution in [0.1, 0.15) is 11.1 Å². The smallest absolute Gasteiger partial charge is 0.111 e. The maximum absolute atomic E-state index is 11.6. The SMILES string of the molecule is Cc1ccc(Br)cc1Cn1cc(N=S(C)(C)=O)cn1. The van der Waals surface area contributed by atoms with Crippen molar-refractivity contribution < 1.29 is 4.21 Å². The van der Waals surface area contributed by atoms with E-state index in [4.69, 9.17) is 0 Å². The van der Waals surface area contributed by atoms with Gasteiger partial charge in [0.15, 0.2) is 0 Å². The molecule has 0 saturated heterocycles. The predicted octanol–water partition coefficient (Wildman–Crippen LogP) is 3.36. The van der Waals surface area contributed by atoms with Crippen LogP contribution in [0.15, 0.2) is 39.4 Å². The van der Waals surface area contributed by atoms with E-state index < -0.39 is 9.73 Å². The standard InChI is InChI=1S/C13H16BrN3OS/c1-10-4-5-12(14)6-11(10)8-17-9-13(7-15-17)16-19(2,3)18/h4-7,9H,8H2,1-3H3. The first-order valence-electron chi connectivity index (χ1n) is 5.78. The fraction of sp³-hybridized carbons (Fsp3) is 0.308. The third-order valence-electron chi connectivity index (χ3n) is 2.59. The zero-order valence-electron chi connectivity index (χ0n) is 11.1. The molecule has 1 aromatic carbocycles. The van der Waals surface area contributed by atoms with Gasteiger partial charge in [-0.05, 0) is 30.2 Å². The summed E-state index contributed by atoms with van der Waals surface area (Å²) in [6.07, 6.45) is 6.68. The average molecular weight is 342 g/mol. The number of nitrogens with zero attached hydrogens (tertiary/aromatic N) is 3. The van der Waals surface area contributed by atoms with Crippen LogP contribution < -0.4 is 0 Å². The monoisotopic (exact) mass is 341 g/mol. The molecule has 0 unspecified atom stereocenters. The van der Waals surface area contributed by atoms with Gasteiger partial charge in [0.25, 0.3) is 0 Å². The summed E-state index contributed by atoms with van der Waals surface area (Å²) in [6.45, 7) is 2.75. The van der Waals surface area contributed by atoms with Crippen molar-refractivity contribution in [1.82, 2.24) is 9.78 Å². The van der Waals surface area contributed by atoms with Crippen LogP contribution in [0.3, 0.4) is 0 Å². The van der Waals surface area contributed by atoms with Crippen LogP contribution in [0.5, 0.6) is 0 Å². The Hall–Kier alpha value is -1.14.